The van der Waals surface area contributed by atoms with Crippen LogP contribution in [0.1, 0.15) is 10.4 Å². The van der Waals surface area contributed by atoms with Crippen LogP contribution in [0.2, 0.25) is 0 Å². The van der Waals surface area contributed by atoms with Gasteiger partial charge in [-0.2, -0.15) is 13.2 Å². The summed E-state index contributed by atoms with van der Waals surface area (Å²) < 4.78 is 41.8. The van der Waals surface area contributed by atoms with Crippen molar-refractivity contribution in [3.63, 3.8) is 0 Å². The van der Waals surface area contributed by atoms with Crippen molar-refractivity contribution in [2.75, 3.05) is 11.9 Å². The summed E-state index contributed by atoms with van der Waals surface area (Å²) in [5.74, 6) is -0.231. The van der Waals surface area contributed by atoms with Crippen LogP contribution in [0.15, 0.2) is 48.0 Å². The van der Waals surface area contributed by atoms with E-state index >= 15 is 0 Å². The molecule has 8 heteroatoms. The zero-order chi connectivity index (χ0) is 17.2. The summed E-state index contributed by atoms with van der Waals surface area (Å²) in [6, 6.07) is 10.9. The number of nitrogens with zero attached hydrogens (tertiary/aromatic N) is 1. The van der Waals surface area contributed by atoms with E-state index in [0.717, 1.165) is 10.2 Å². The van der Waals surface area contributed by atoms with Gasteiger partial charge in [0.25, 0.3) is 5.91 Å². The summed E-state index contributed by atoms with van der Waals surface area (Å²) >= 11 is 1.44. The Hall–Kier alpha value is -2.61. The van der Waals surface area contributed by atoms with Gasteiger partial charge in [0.2, 0.25) is 0 Å². The monoisotopic (exact) mass is 352 g/mol. The van der Waals surface area contributed by atoms with Crippen LogP contribution in [0.4, 0.5) is 18.9 Å². The number of anilines is 1. The molecule has 0 atom stereocenters. The van der Waals surface area contributed by atoms with E-state index in [2.05, 4.69) is 15.0 Å². The zero-order valence-corrected chi connectivity index (χ0v) is 12.9. The molecule has 0 aliphatic carbocycles. The number of aromatic nitrogens is 1. The van der Waals surface area contributed by atoms with Crippen LogP contribution < -0.4 is 10.1 Å². The largest absolute Gasteiger partial charge is 0.484 e. The molecule has 0 spiro atoms. The molecule has 0 radical (unpaired) electrons. The number of halogens is 3. The minimum Gasteiger partial charge on any atom is -0.484 e. The number of nitrogens with one attached hydrogen (secondary N) is 1. The summed E-state index contributed by atoms with van der Waals surface area (Å²) in [6.07, 6.45) is -4.39. The molecule has 4 nitrogen and oxygen atoms in total. The highest BCUT2D eigenvalue weighted by atomic mass is 32.1. The first-order valence-corrected chi connectivity index (χ1v) is 7.73. The Bertz CT molecular complexity index is 860. The Labute approximate surface area is 138 Å². The van der Waals surface area contributed by atoms with Gasteiger partial charge in [-0.05, 0) is 42.5 Å². The number of benzene rings is 2. The second-order valence-corrected chi connectivity index (χ2v) is 5.80. The lowest BCUT2D eigenvalue weighted by molar-refractivity contribution is -0.153. The molecule has 1 amide bonds. The number of hydrogen-bond donors (Lipinski definition) is 1. The normalized spacial score (nSPS) is 11.5. The van der Waals surface area contributed by atoms with Crippen molar-refractivity contribution in [3.05, 3.63) is 53.5 Å². The van der Waals surface area contributed by atoms with Crippen LogP contribution in [-0.4, -0.2) is 23.7 Å². The number of amides is 1. The van der Waals surface area contributed by atoms with E-state index < -0.39 is 12.8 Å². The molecule has 0 saturated heterocycles. The maximum Gasteiger partial charge on any atom is 0.422 e. The molecule has 0 aliphatic rings. The second-order valence-electron chi connectivity index (χ2n) is 4.92. The van der Waals surface area contributed by atoms with E-state index in [1.807, 2.05) is 0 Å². The third kappa shape index (κ3) is 4.02. The number of carbonyl (C=O) groups excluding carboxylic acids is 1. The van der Waals surface area contributed by atoms with Crippen LogP contribution in [-0.2, 0) is 0 Å². The van der Waals surface area contributed by atoms with Gasteiger partial charge in [-0.3, -0.25) is 4.79 Å². The number of hydrogen-bond acceptors (Lipinski definition) is 4. The fraction of sp³-hybridized carbons (Fsp3) is 0.125. The number of alkyl halides is 3. The van der Waals surface area contributed by atoms with Crippen LogP contribution in [0.5, 0.6) is 5.75 Å². The molecule has 0 aliphatic heterocycles. The van der Waals surface area contributed by atoms with Gasteiger partial charge >= 0.3 is 6.18 Å². The van der Waals surface area contributed by atoms with Gasteiger partial charge in [-0.1, -0.05) is 0 Å². The van der Waals surface area contributed by atoms with E-state index in [0.29, 0.717) is 11.3 Å². The highest BCUT2D eigenvalue weighted by Gasteiger charge is 2.28. The molecule has 1 heterocycles. The number of thiazole rings is 1. The minimum absolute atomic E-state index is 0.0800. The van der Waals surface area contributed by atoms with Crippen LogP contribution in [0, 0.1) is 0 Å². The molecular formula is C16H11F3N2O2S. The standard InChI is InChI=1S/C16H11F3N2O2S/c17-16(18,19)8-23-12-4-2-11(3-5-12)21-15(22)10-1-6-13-14(7-10)24-9-20-13/h1-7,9H,8H2,(H,21,22). The number of carbonyl (C=O) groups is 1. The van der Waals surface area contributed by atoms with E-state index in [4.69, 9.17) is 0 Å². The Morgan fingerprint density at radius 1 is 1.17 bits per heavy atom. The average Bonchev–Trinajstić information content (AvgIpc) is 3.01. The SMILES string of the molecule is O=C(Nc1ccc(OCC(F)(F)F)cc1)c1ccc2ncsc2c1. The molecule has 2 aromatic carbocycles. The van der Waals surface area contributed by atoms with Gasteiger partial charge in [0.15, 0.2) is 6.61 Å². The molecule has 3 aromatic rings. The first kappa shape index (κ1) is 16.3. The fourth-order valence-corrected chi connectivity index (χ4v) is 2.72. The third-order valence-corrected chi connectivity index (χ3v) is 3.90. The Morgan fingerprint density at radius 3 is 2.62 bits per heavy atom. The summed E-state index contributed by atoms with van der Waals surface area (Å²) in [5, 5.41) is 2.68. The van der Waals surface area contributed by atoms with Crippen molar-refractivity contribution < 1.29 is 22.7 Å². The number of ether oxygens (including phenoxy) is 1. The van der Waals surface area contributed by atoms with Crippen molar-refractivity contribution in [1.29, 1.82) is 0 Å². The Morgan fingerprint density at radius 2 is 1.92 bits per heavy atom. The van der Waals surface area contributed by atoms with Gasteiger partial charge in [0, 0.05) is 11.3 Å². The molecule has 1 aromatic heterocycles. The Balaban J connectivity index is 1.65. The summed E-state index contributed by atoms with van der Waals surface area (Å²) in [6.45, 7) is -1.35. The molecule has 1 N–H and O–H groups in total. The predicted molar refractivity (Wildman–Crippen MR) is 85.6 cm³/mol. The van der Waals surface area contributed by atoms with Gasteiger partial charge in [-0.25, -0.2) is 4.98 Å². The molecule has 0 unspecified atom stereocenters. The van der Waals surface area contributed by atoms with E-state index in [9.17, 15) is 18.0 Å². The first-order valence-electron chi connectivity index (χ1n) is 6.85. The highest BCUT2D eigenvalue weighted by molar-refractivity contribution is 7.16. The summed E-state index contributed by atoms with van der Waals surface area (Å²) in [4.78, 5) is 16.4. The van der Waals surface area contributed by atoms with E-state index in [1.54, 1.807) is 23.7 Å². The maximum atomic E-state index is 12.2. The lowest BCUT2D eigenvalue weighted by Crippen LogP contribution is -2.19. The zero-order valence-electron chi connectivity index (χ0n) is 12.1. The minimum atomic E-state index is -4.39. The van der Waals surface area contributed by atoms with E-state index in [-0.39, 0.29) is 11.7 Å². The number of rotatable bonds is 4. The lowest BCUT2D eigenvalue weighted by Gasteiger charge is -2.10. The lowest BCUT2D eigenvalue weighted by atomic mass is 10.2. The Kier molecular flexibility index (Phi) is 4.39. The van der Waals surface area contributed by atoms with Gasteiger partial charge in [0.1, 0.15) is 5.75 Å². The second kappa shape index (κ2) is 6.48. The molecule has 0 fully saturated rings. The predicted octanol–water partition coefficient (Wildman–Crippen LogP) is 4.49. The topological polar surface area (TPSA) is 51.2 Å². The summed E-state index contributed by atoms with van der Waals surface area (Å²) in [7, 11) is 0. The van der Waals surface area contributed by atoms with Crippen molar-refractivity contribution in [1.82, 2.24) is 4.98 Å². The quantitative estimate of drug-likeness (QED) is 0.753. The maximum absolute atomic E-state index is 12.2. The third-order valence-electron chi connectivity index (χ3n) is 3.11. The molecular weight excluding hydrogens is 341 g/mol. The molecule has 124 valence electrons. The molecule has 3 rings (SSSR count). The molecule has 0 bridgehead atoms. The van der Waals surface area contributed by atoms with E-state index in [1.165, 1.54) is 35.6 Å². The van der Waals surface area contributed by atoms with Gasteiger partial charge < -0.3 is 10.1 Å². The average molecular weight is 352 g/mol. The van der Waals surface area contributed by atoms with Crippen LogP contribution >= 0.6 is 11.3 Å². The van der Waals surface area contributed by atoms with Crippen molar-refractivity contribution in [2.24, 2.45) is 0 Å². The van der Waals surface area contributed by atoms with Crippen molar-refractivity contribution in [2.45, 2.75) is 6.18 Å². The number of fused-ring (bicyclic) bond motifs is 1. The van der Waals surface area contributed by atoms with Crippen LogP contribution in [0.25, 0.3) is 10.2 Å². The summed E-state index contributed by atoms with van der Waals surface area (Å²) in [5.41, 5.74) is 3.46. The van der Waals surface area contributed by atoms with Gasteiger partial charge in [0.05, 0.1) is 15.7 Å². The van der Waals surface area contributed by atoms with Crippen molar-refractivity contribution >= 4 is 33.1 Å². The highest BCUT2D eigenvalue weighted by Crippen LogP contribution is 2.22. The van der Waals surface area contributed by atoms with Crippen molar-refractivity contribution in [3.8, 4) is 5.75 Å². The first-order chi connectivity index (χ1) is 11.4. The smallest absolute Gasteiger partial charge is 0.422 e. The molecule has 0 saturated carbocycles. The van der Waals surface area contributed by atoms with Crippen LogP contribution in [0.3, 0.4) is 0 Å². The van der Waals surface area contributed by atoms with Gasteiger partial charge in [-0.15, -0.1) is 11.3 Å². The fourth-order valence-electron chi connectivity index (χ4n) is 2.00. The molecule has 24 heavy (non-hydrogen) atoms.